The first-order chi connectivity index (χ1) is 5.75. The van der Waals surface area contributed by atoms with Gasteiger partial charge < -0.3 is 16.9 Å². The van der Waals surface area contributed by atoms with Crippen LogP contribution in [0.4, 0.5) is 5.95 Å². The Morgan fingerprint density at radius 2 is 2.33 bits per heavy atom. The van der Waals surface area contributed by atoms with Crippen LogP contribution in [-0.2, 0) is 6.54 Å². The average Bonchev–Trinajstić information content (AvgIpc) is 2.36. The average molecular weight is 168 g/mol. The Hall–Kier alpha value is -1.56. The number of nitrogens with one attached hydrogen (secondary N) is 1. The first-order valence-corrected chi connectivity index (χ1v) is 3.52. The van der Waals surface area contributed by atoms with Gasteiger partial charge in [0.15, 0.2) is 5.82 Å². The zero-order chi connectivity index (χ0) is 8.97. The van der Waals surface area contributed by atoms with E-state index in [-0.39, 0.29) is 5.95 Å². The van der Waals surface area contributed by atoms with Gasteiger partial charge in [-0.05, 0) is 0 Å². The summed E-state index contributed by atoms with van der Waals surface area (Å²) in [5.41, 5.74) is 5.36. The molecule has 0 aliphatic carbocycles. The van der Waals surface area contributed by atoms with Crippen molar-refractivity contribution in [3.8, 4) is 0 Å². The van der Waals surface area contributed by atoms with E-state index in [1.54, 1.807) is 6.08 Å². The standard InChI is InChI=1S/C6H12N6/c1-2-3-9-4-5-10-11-6(7)12(5)8/h2,9H,1,3-4,8H2,(H2,7,11). The number of nitrogens with two attached hydrogens (primary N) is 2. The van der Waals surface area contributed by atoms with Crippen molar-refractivity contribution in [3.05, 3.63) is 18.5 Å². The van der Waals surface area contributed by atoms with Crippen LogP contribution in [0.25, 0.3) is 0 Å². The number of nitrogen functional groups attached to an aromatic ring is 2. The van der Waals surface area contributed by atoms with E-state index >= 15 is 0 Å². The highest BCUT2D eigenvalue weighted by Crippen LogP contribution is 1.95. The summed E-state index contributed by atoms with van der Waals surface area (Å²) < 4.78 is 1.25. The second-order valence-corrected chi connectivity index (χ2v) is 2.26. The maximum Gasteiger partial charge on any atom is 0.240 e. The minimum Gasteiger partial charge on any atom is -0.366 e. The van der Waals surface area contributed by atoms with Crippen molar-refractivity contribution >= 4 is 5.95 Å². The zero-order valence-electron chi connectivity index (χ0n) is 6.70. The van der Waals surface area contributed by atoms with Crippen molar-refractivity contribution in [2.24, 2.45) is 0 Å². The van der Waals surface area contributed by atoms with Crippen LogP contribution in [0.2, 0.25) is 0 Å². The summed E-state index contributed by atoms with van der Waals surface area (Å²) in [7, 11) is 0. The lowest BCUT2D eigenvalue weighted by Crippen LogP contribution is -2.21. The fourth-order valence-corrected chi connectivity index (χ4v) is 0.744. The molecule has 66 valence electrons. The van der Waals surface area contributed by atoms with Gasteiger partial charge in [0.05, 0.1) is 6.54 Å². The van der Waals surface area contributed by atoms with Gasteiger partial charge in [0, 0.05) is 6.54 Å². The fourth-order valence-electron chi connectivity index (χ4n) is 0.744. The molecule has 0 unspecified atom stereocenters. The lowest BCUT2D eigenvalue weighted by Gasteiger charge is -2.00. The van der Waals surface area contributed by atoms with Gasteiger partial charge >= 0.3 is 0 Å². The van der Waals surface area contributed by atoms with Gasteiger partial charge in [0.25, 0.3) is 0 Å². The quantitative estimate of drug-likeness (QED) is 0.300. The summed E-state index contributed by atoms with van der Waals surface area (Å²) in [6, 6.07) is 0. The number of anilines is 1. The molecule has 0 aliphatic heterocycles. The van der Waals surface area contributed by atoms with E-state index in [0.717, 1.165) is 0 Å². The van der Waals surface area contributed by atoms with E-state index in [0.29, 0.717) is 18.9 Å². The number of aromatic nitrogens is 3. The molecule has 1 heterocycles. The van der Waals surface area contributed by atoms with E-state index in [1.807, 2.05) is 0 Å². The van der Waals surface area contributed by atoms with Crippen molar-refractivity contribution in [1.29, 1.82) is 0 Å². The second-order valence-electron chi connectivity index (χ2n) is 2.26. The van der Waals surface area contributed by atoms with Crippen molar-refractivity contribution in [2.45, 2.75) is 6.54 Å². The van der Waals surface area contributed by atoms with Crippen LogP contribution in [0.15, 0.2) is 12.7 Å². The molecule has 0 bridgehead atoms. The van der Waals surface area contributed by atoms with Crippen LogP contribution >= 0.6 is 0 Å². The van der Waals surface area contributed by atoms with Crippen molar-refractivity contribution < 1.29 is 0 Å². The fraction of sp³-hybridized carbons (Fsp3) is 0.333. The predicted octanol–water partition coefficient (Wildman–Crippen LogP) is -1.15. The maximum absolute atomic E-state index is 5.49. The molecule has 1 rings (SSSR count). The summed E-state index contributed by atoms with van der Waals surface area (Å²) in [6.45, 7) is 4.79. The number of hydrogen-bond acceptors (Lipinski definition) is 5. The van der Waals surface area contributed by atoms with E-state index in [4.69, 9.17) is 11.6 Å². The molecular formula is C6H12N6. The molecule has 0 aliphatic rings. The van der Waals surface area contributed by atoms with Crippen molar-refractivity contribution in [2.75, 3.05) is 18.1 Å². The van der Waals surface area contributed by atoms with E-state index in [2.05, 4.69) is 22.1 Å². The highest BCUT2D eigenvalue weighted by Gasteiger charge is 2.03. The molecular weight excluding hydrogens is 156 g/mol. The summed E-state index contributed by atoms with van der Waals surface area (Å²) in [6.07, 6.45) is 1.75. The summed E-state index contributed by atoms with van der Waals surface area (Å²) in [4.78, 5) is 0. The molecule has 5 N–H and O–H groups in total. The van der Waals surface area contributed by atoms with Gasteiger partial charge in [-0.2, -0.15) is 0 Å². The van der Waals surface area contributed by atoms with Crippen LogP contribution < -0.4 is 16.9 Å². The first-order valence-electron chi connectivity index (χ1n) is 3.52. The summed E-state index contributed by atoms with van der Waals surface area (Å²) >= 11 is 0. The third-order valence-corrected chi connectivity index (χ3v) is 1.36. The molecule has 12 heavy (non-hydrogen) atoms. The van der Waals surface area contributed by atoms with Crippen LogP contribution in [-0.4, -0.2) is 21.4 Å². The molecule has 0 spiro atoms. The van der Waals surface area contributed by atoms with Crippen LogP contribution in [0.3, 0.4) is 0 Å². The highest BCUT2D eigenvalue weighted by atomic mass is 15.4. The molecule has 1 aromatic rings. The molecule has 0 aromatic carbocycles. The normalized spacial score (nSPS) is 10.0. The van der Waals surface area contributed by atoms with Gasteiger partial charge in [-0.15, -0.1) is 16.8 Å². The minimum atomic E-state index is 0.213. The number of rotatable bonds is 4. The zero-order valence-corrected chi connectivity index (χ0v) is 6.70. The Morgan fingerprint density at radius 1 is 1.58 bits per heavy atom. The van der Waals surface area contributed by atoms with Crippen molar-refractivity contribution in [3.63, 3.8) is 0 Å². The van der Waals surface area contributed by atoms with Gasteiger partial charge in [-0.3, -0.25) is 0 Å². The Bertz CT molecular complexity index is 265. The van der Waals surface area contributed by atoms with Gasteiger partial charge in [0.2, 0.25) is 5.95 Å². The highest BCUT2D eigenvalue weighted by molar-refractivity contribution is 5.16. The van der Waals surface area contributed by atoms with Crippen LogP contribution in [0.1, 0.15) is 5.82 Å². The van der Waals surface area contributed by atoms with Gasteiger partial charge in [-0.25, -0.2) is 4.68 Å². The SMILES string of the molecule is C=CCNCc1nnc(N)n1N. The monoisotopic (exact) mass is 168 g/mol. The largest absolute Gasteiger partial charge is 0.366 e. The first kappa shape index (κ1) is 8.54. The summed E-state index contributed by atoms with van der Waals surface area (Å²) in [5, 5.41) is 10.4. The Kier molecular flexibility index (Phi) is 2.65. The molecule has 0 fully saturated rings. The summed E-state index contributed by atoms with van der Waals surface area (Å²) in [5.74, 6) is 6.30. The van der Waals surface area contributed by atoms with E-state index in [1.165, 1.54) is 4.68 Å². The molecule has 0 radical (unpaired) electrons. The molecule has 0 amide bonds. The third-order valence-electron chi connectivity index (χ3n) is 1.36. The topological polar surface area (TPSA) is 94.8 Å². The molecule has 0 saturated carbocycles. The Balaban J connectivity index is 2.51. The number of hydrogen-bond donors (Lipinski definition) is 3. The maximum atomic E-state index is 5.49. The third kappa shape index (κ3) is 1.73. The molecule has 1 aromatic heterocycles. The molecule has 0 atom stereocenters. The lowest BCUT2D eigenvalue weighted by molar-refractivity contribution is 0.693. The van der Waals surface area contributed by atoms with E-state index < -0.39 is 0 Å². The molecule has 0 saturated heterocycles. The predicted molar refractivity (Wildman–Crippen MR) is 46.5 cm³/mol. The van der Waals surface area contributed by atoms with Crippen LogP contribution in [0.5, 0.6) is 0 Å². The second kappa shape index (κ2) is 3.72. The van der Waals surface area contributed by atoms with E-state index in [9.17, 15) is 0 Å². The lowest BCUT2D eigenvalue weighted by atomic mass is 10.5. The number of nitrogens with zero attached hydrogens (tertiary/aromatic N) is 3. The molecule has 6 heteroatoms. The molecule has 6 nitrogen and oxygen atoms in total. The Morgan fingerprint density at radius 3 is 2.83 bits per heavy atom. The van der Waals surface area contributed by atoms with Gasteiger partial charge in [-0.1, -0.05) is 6.08 Å². The Labute approximate surface area is 70.2 Å². The van der Waals surface area contributed by atoms with Gasteiger partial charge in [0.1, 0.15) is 0 Å². The van der Waals surface area contributed by atoms with Crippen LogP contribution in [0, 0.1) is 0 Å². The minimum absolute atomic E-state index is 0.213. The smallest absolute Gasteiger partial charge is 0.240 e. The van der Waals surface area contributed by atoms with Crippen molar-refractivity contribution in [1.82, 2.24) is 20.2 Å².